The van der Waals surface area contributed by atoms with Crippen molar-refractivity contribution in [3.05, 3.63) is 64.6 Å². The fourth-order valence-corrected chi connectivity index (χ4v) is 4.92. The molecule has 0 bridgehead atoms. The highest BCUT2D eigenvalue weighted by Crippen LogP contribution is 2.59. The second kappa shape index (κ2) is 11.3. The van der Waals surface area contributed by atoms with E-state index in [-0.39, 0.29) is 18.7 Å². The van der Waals surface area contributed by atoms with Crippen LogP contribution < -0.4 is 14.2 Å². The third-order valence-corrected chi connectivity index (χ3v) is 6.93. The third-order valence-electron chi connectivity index (χ3n) is 6.93. The average Bonchev–Trinajstić information content (AvgIpc) is 3.57. The van der Waals surface area contributed by atoms with E-state index in [1.165, 1.54) is 18.2 Å². The lowest BCUT2D eigenvalue weighted by atomic mass is 9.81. The SMILES string of the molecule is CC.CN1CCc2c(-c3ccc(F)cc3)c3c(c4c2C1C1OC(=O)C=C1O4)OCO3.CO/C(C)=C(/C)OC. The maximum absolute atomic E-state index is 13.5. The molecule has 0 aliphatic carbocycles. The van der Waals surface area contributed by atoms with E-state index in [4.69, 9.17) is 28.4 Å². The Kier molecular flexibility index (Phi) is 8.16. The Morgan fingerprint density at radius 2 is 1.63 bits per heavy atom. The molecule has 0 saturated carbocycles. The van der Waals surface area contributed by atoms with Crippen LogP contribution in [-0.4, -0.2) is 51.6 Å². The summed E-state index contributed by atoms with van der Waals surface area (Å²) >= 11 is 0. The Balaban J connectivity index is 0.000000292. The predicted octanol–water partition coefficient (Wildman–Crippen LogP) is 5.51. The van der Waals surface area contributed by atoms with Crippen LogP contribution in [0.2, 0.25) is 0 Å². The Bertz CT molecular complexity index is 1260. The van der Waals surface area contributed by atoms with E-state index < -0.39 is 12.1 Å². The molecule has 0 spiro atoms. The number of benzene rings is 2. The standard InChI is InChI=1S/C21H16FNO5.C6H12O2.C2H6/c1-23-7-6-12-15(10-2-4-11(22)5-3-10)19-21(26-9-25-19)20-16(12)17(23)18-13(27-20)8-14(24)28-18;1-5(7-3)6(2)8-4;1-2/h2-5,8,17-18H,6-7,9H2,1H3;1-4H3;1-2H3/b;6-5-;. The third kappa shape index (κ3) is 4.78. The number of fused-ring (bicyclic) bond motifs is 4. The van der Waals surface area contributed by atoms with Crippen molar-refractivity contribution in [2.24, 2.45) is 0 Å². The summed E-state index contributed by atoms with van der Waals surface area (Å²) in [6.45, 7) is 8.59. The number of ether oxygens (including phenoxy) is 6. The molecule has 4 aliphatic heterocycles. The summed E-state index contributed by atoms with van der Waals surface area (Å²) in [5.74, 6) is 3.17. The molecule has 38 heavy (non-hydrogen) atoms. The van der Waals surface area contributed by atoms with Crippen molar-refractivity contribution in [2.75, 3.05) is 34.6 Å². The van der Waals surface area contributed by atoms with Gasteiger partial charge in [-0.3, -0.25) is 4.90 Å². The molecule has 6 rings (SSSR count). The van der Waals surface area contributed by atoms with Crippen LogP contribution >= 0.6 is 0 Å². The fourth-order valence-electron chi connectivity index (χ4n) is 4.92. The minimum atomic E-state index is -0.481. The number of hydrogen-bond acceptors (Lipinski definition) is 8. The molecular weight excluding hydrogens is 493 g/mol. The van der Waals surface area contributed by atoms with Gasteiger partial charge in [0, 0.05) is 17.7 Å². The Morgan fingerprint density at radius 3 is 2.26 bits per heavy atom. The number of methoxy groups -OCH3 is 2. The normalized spacial score (nSPS) is 20.6. The first-order valence-corrected chi connectivity index (χ1v) is 12.6. The number of carbonyl (C=O) groups is 1. The highest BCUT2D eigenvalue weighted by atomic mass is 19.1. The molecule has 204 valence electrons. The van der Waals surface area contributed by atoms with Gasteiger partial charge < -0.3 is 28.4 Å². The van der Waals surface area contributed by atoms with Crippen molar-refractivity contribution in [3.8, 4) is 28.4 Å². The molecule has 0 radical (unpaired) electrons. The molecular formula is C29H34FNO7. The second-order valence-electron chi connectivity index (χ2n) is 8.87. The maximum atomic E-state index is 13.5. The summed E-state index contributed by atoms with van der Waals surface area (Å²) in [6.07, 6.45) is 1.68. The van der Waals surface area contributed by atoms with Crippen molar-refractivity contribution in [3.63, 3.8) is 0 Å². The number of esters is 1. The second-order valence-corrected chi connectivity index (χ2v) is 8.87. The molecule has 2 atom stereocenters. The van der Waals surface area contributed by atoms with Crippen molar-refractivity contribution in [1.29, 1.82) is 0 Å². The van der Waals surface area contributed by atoms with Crippen LogP contribution in [0.1, 0.15) is 44.9 Å². The van der Waals surface area contributed by atoms with Crippen LogP contribution in [0, 0.1) is 5.82 Å². The summed E-state index contributed by atoms with van der Waals surface area (Å²) in [7, 11) is 5.25. The number of allylic oxidation sites excluding steroid dienone is 2. The molecule has 0 saturated heterocycles. The van der Waals surface area contributed by atoms with Gasteiger partial charge in [0.05, 0.1) is 26.3 Å². The van der Waals surface area contributed by atoms with Gasteiger partial charge in [-0.05, 0) is 50.6 Å². The lowest BCUT2D eigenvalue weighted by Crippen LogP contribution is -2.43. The van der Waals surface area contributed by atoms with Gasteiger partial charge in [0.1, 0.15) is 17.3 Å². The summed E-state index contributed by atoms with van der Waals surface area (Å²) in [5, 5.41) is 0. The van der Waals surface area contributed by atoms with Gasteiger partial charge in [0.2, 0.25) is 12.5 Å². The first-order valence-electron chi connectivity index (χ1n) is 12.6. The monoisotopic (exact) mass is 527 g/mol. The Labute approximate surface area is 222 Å². The zero-order chi connectivity index (χ0) is 27.6. The number of nitrogens with zero attached hydrogens (tertiary/aromatic N) is 1. The molecule has 9 heteroatoms. The van der Waals surface area contributed by atoms with Gasteiger partial charge >= 0.3 is 5.97 Å². The van der Waals surface area contributed by atoms with Gasteiger partial charge in [-0.25, -0.2) is 9.18 Å². The smallest absolute Gasteiger partial charge is 0.335 e. The van der Waals surface area contributed by atoms with E-state index in [9.17, 15) is 9.18 Å². The van der Waals surface area contributed by atoms with E-state index in [0.29, 0.717) is 23.0 Å². The van der Waals surface area contributed by atoms with Crippen LogP contribution in [0.3, 0.4) is 0 Å². The number of carbonyl (C=O) groups excluding carboxylic acids is 1. The fraction of sp³-hybridized carbons (Fsp3) is 0.414. The molecule has 2 aromatic carbocycles. The summed E-state index contributed by atoms with van der Waals surface area (Å²) in [5.41, 5.74) is 3.77. The molecule has 2 aromatic rings. The van der Waals surface area contributed by atoms with Gasteiger partial charge in [-0.15, -0.1) is 0 Å². The molecule has 4 aliphatic rings. The van der Waals surface area contributed by atoms with Gasteiger partial charge in [0.25, 0.3) is 0 Å². The van der Waals surface area contributed by atoms with Gasteiger partial charge in [-0.2, -0.15) is 0 Å². The van der Waals surface area contributed by atoms with Crippen LogP contribution in [0.5, 0.6) is 17.2 Å². The van der Waals surface area contributed by atoms with E-state index in [1.54, 1.807) is 26.4 Å². The molecule has 0 aromatic heterocycles. The largest absolute Gasteiger partial charge is 0.498 e. The minimum Gasteiger partial charge on any atom is -0.498 e. The summed E-state index contributed by atoms with van der Waals surface area (Å²) in [4.78, 5) is 14.1. The van der Waals surface area contributed by atoms with Gasteiger partial charge in [0.15, 0.2) is 23.4 Å². The molecule has 4 heterocycles. The number of hydrogen-bond donors (Lipinski definition) is 0. The van der Waals surface area contributed by atoms with Crippen molar-refractivity contribution < 1.29 is 37.6 Å². The lowest BCUT2D eigenvalue weighted by molar-refractivity contribution is -0.142. The highest BCUT2D eigenvalue weighted by Gasteiger charge is 2.49. The first kappa shape index (κ1) is 27.3. The summed E-state index contributed by atoms with van der Waals surface area (Å²) in [6, 6.07) is 6.19. The predicted molar refractivity (Wildman–Crippen MR) is 139 cm³/mol. The zero-order valence-electron chi connectivity index (χ0n) is 22.8. The maximum Gasteiger partial charge on any atom is 0.335 e. The van der Waals surface area contributed by atoms with Crippen LogP contribution in [-0.2, 0) is 25.4 Å². The van der Waals surface area contributed by atoms with Crippen molar-refractivity contribution >= 4 is 5.97 Å². The highest BCUT2D eigenvalue weighted by molar-refractivity contribution is 5.88. The molecule has 0 amide bonds. The summed E-state index contributed by atoms with van der Waals surface area (Å²) < 4.78 is 46.4. The molecule has 0 N–H and O–H groups in total. The van der Waals surface area contributed by atoms with E-state index in [2.05, 4.69) is 4.90 Å². The lowest BCUT2D eigenvalue weighted by Gasteiger charge is -2.42. The Hall–Kier alpha value is -3.72. The van der Waals surface area contributed by atoms with Crippen molar-refractivity contribution in [1.82, 2.24) is 4.90 Å². The molecule has 2 unspecified atom stereocenters. The first-order chi connectivity index (χ1) is 18.3. The van der Waals surface area contributed by atoms with Crippen LogP contribution in [0.4, 0.5) is 4.39 Å². The Morgan fingerprint density at radius 1 is 1.00 bits per heavy atom. The van der Waals surface area contributed by atoms with E-state index in [0.717, 1.165) is 46.7 Å². The number of likely N-dealkylation sites (N-methyl/N-ethyl adjacent to an activating group) is 1. The quantitative estimate of drug-likeness (QED) is 0.382. The van der Waals surface area contributed by atoms with Gasteiger partial charge in [-0.1, -0.05) is 26.0 Å². The van der Waals surface area contributed by atoms with Crippen molar-refractivity contribution in [2.45, 2.75) is 46.3 Å². The van der Waals surface area contributed by atoms with Crippen LogP contribution in [0.15, 0.2) is 47.6 Å². The zero-order valence-corrected chi connectivity index (χ0v) is 22.8. The van der Waals surface area contributed by atoms with Crippen LogP contribution in [0.25, 0.3) is 11.1 Å². The average molecular weight is 528 g/mol. The minimum absolute atomic E-state index is 0.0845. The number of halogens is 1. The molecule has 0 fully saturated rings. The topological polar surface area (TPSA) is 75.7 Å². The number of rotatable bonds is 3. The van der Waals surface area contributed by atoms with E-state index >= 15 is 0 Å². The van der Waals surface area contributed by atoms with E-state index in [1.807, 2.05) is 34.7 Å². The molecule has 8 nitrogen and oxygen atoms in total.